The van der Waals surface area contributed by atoms with Crippen molar-refractivity contribution in [1.29, 1.82) is 0 Å². The molecule has 0 aliphatic rings. The van der Waals surface area contributed by atoms with E-state index in [1.807, 2.05) is 0 Å². The summed E-state index contributed by atoms with van der Waals surface area (Å²) in [4.78, 5) is 1.43. The van der Waals surface area contributed by atoms with Gasteiger partial charge in [-0.3, -0.25) is 0 Å². The van der Waals surface area contributed by atoms with Crippen LogP contribution in [0.4, 0.5) is 0 Å². The molecule has 0 aliphatic heterocycles. The first-order valence-electron chi connectivity index (χ1n) is 10.8. The lowest BCUT2D eigenvalue weighted by Crippen LogP contribution is -3.04. The molecular formula is C29H32N+. The monoisotopic (exact) mass is 394 g/mol. The molecule has 0 aliphatic carbocycles. The fourth-order valence-electron chi connectivity index (χ4n) is 4.19. The molecule has 1 heteroatoms. The summed E-state index contributed by atoms with van der Waals surface area (Å²) in [5.41, 5.74) is 8.14. The molecule has 0 bridgehead atoms. The largest absolute Gasteiger partial charge is 0.336 e. The molecule has 1 N–H and O–H groups in total. The maximum Gasteiger partial charge on any atom is 0.103 e. The molecule has 0 saturated heterocycles. The van der Waals surface area contributed by atoms with E-state index in [9.17, 15) is 0 Å². The van der Waals surface area contributed by atoms with Gasteiger partial charge in [-0.2, -0.15) is 0 Å². The van der Waals surface area contributed by atoms with E-state index in [1.165, 1.54) is 49.1 Å². The van der Waals surface area contributed by atoms with Crippen LogP contribution in [0.5, 0.6) is 0 Å². The van der Waals surface area contributed by atoms with Crippen molar-refractivity contribution in [3.8, 4) is 22.3 Å². The molecule has 0 amide bonds. The van der Waals surface area contributed by atoms with Crippen LogP contribution in [-0.4, -0.2) is 14.1 Å². The van der Waals surface area contributed by atoms with Crippen LogP contribution in [-0.2, 0) is 12.0 Å². The van der Waals surface area contributed by atoms with Gasteiger partial charge in [0, 0.05) is 5.56 Å². The Hall–Kier alpha value is -2.90. The van der Waals surface area contributed by atoms with Gasteiger partial charge in [0.05, 0.1) is 14.1 Å². The summed E-state index contributed by atoms with van der Waals surface area (Å²) in [6.45, 7) is 7.81. The number of nitrogens with one attached hydrogen (secondary N) is 1. The summed E-state index contributed by atoms with van der Waals surface area (Å²) in [6.07, 6.45) is 0. The fraction of sp³-hybridized carbons (Fsp3) is 0.241. The maximum absolute atomic E-state index is 2.34. The Morgan fingerprint density at radius 1 is 0.667 bits per heavy atom. The van der Waals surface area contributed by atoms with Crippen molar-refractivity contribution < 1.29 is 4.90 Å². The molecule has 4 aromatic rings. The van der Waals surface area contributed by atoms with Gasteiger partial charge in [-0.05, 0) is 50.1 Å². The number of hydrogen-bond donors (Lipinski definition) is 1. The zero-order valence-electron chi connectivity index (χ0n) is 18.8. The van der Waals surface area contributed by atoms with Crippen LogP contribution in [0.15, 0.2) is 84.9 Å². The normalized spacial score (nSPS) is 11.9. The second kappa shape index (κ2) is 8.08. The maximum atomic E-state index is 2.34. The van der Waals surface area contributed by atoms with E-state index in [4.69, 9.17) is 0 Å². The number of benzene rings is 4. The lowest BCUT2D eigenvalue weighted by Gasteiger charge is -2.19. The predicted octanol–water partition coefficient (Wildman–Crippen LogP) is 6.12. The zero-order chi connectivity index (χ0) is 21.3. The van der Waals surface area contributed by atoms with Gasteiger partial charge in [-0.25, -0.2) is 0 Å². The predicted molar refractivity (Wildman–Crippen MR) is 130 cm³/mol. The van der Waals surface area contributed by atoms with Crippen molar-refractivity contribution in [3.05, 3.63) is 96.1 Å². The highest BCUT2D eigenvalue weighted by Crippen LogP contribution is 2.34. The van der Waals surface area contributed by atoms with Crippen LogP contribution in [0, 0.1) is 0 Å². The van der Waals surface area contributed by atoms with Gasteiger partial charge >= 0.3 is 0 Å². The topological polar surface area (TPSA) is 4.44 Å². The summed E-state index contributed by atoms with van der Waals surface area (Å²) in [7, 11) is 4.41. The van der Waals surface area contributed by atoms with Crippen molar-refractivity contribution in [2.45, 2.75) is 32.7 Å². The van der Waals surface area contributed by atoms with Crippen molar-refractivity contribution in [1.82, 2.24) is 0 Å². The molecule has 0 fully saturated rings. The second-order valence-corrected chi connectivity index (χ2v) is 9.61. The van der Waals surface area contributed by atoms with Gasteiger partial charge in [-0.15, -0.1) is 0 Å². The Balaban J connectivity index is 1.77. The van der Waals surface area contributed by atoms with Crippen LogP contribution in [0.1, 0.15) is 31.9 Å². The number of hydrogen-bond acceptors (Lipinski definition) is 0. The van der Waals surface area contributed by atoms with Crippen molar-refractivity contribution in [2.75, 3.05) is 14.1 Å². The average Bonchev–Trinajstić information content (AvgIpc) is 2.72. The fourth-order valence-corrected chi connectivity index (χ4v) is 4.19. The minimum absolute atomic E-state index is 0.174. The first-order chi connectivity index (χ1) is 14.3. The first-order valence-corrected chi connectivity index (χ1v) is 10.8. The molecule has 1 nitrogen and oxygen atoms in total. The molecular weight excluding hydrogens is 362 g/mol. The highest BCUT2D eigenvalue weighted by Gasteiger charge is 2.14. The summed E-state index contributed by atoms with van der Waals surface area (Å²) in [6, 6.07) is 31.4. The van der Waals surface area contributed by atoms with E-state index < -0.39 is 0 Å². The minimum atomic E-state index is 0.174. The third kappa shape index (κ3) is 4.17. The average molecular weight is 395 g/mol. The zero-order valence-corrected chi connectivity index (χ0v) is 18.8. The summed E-state index contributed by atoms with van der Waals surface area (Å²) >= 11 is 0. The number of fused-ring (bicyclic) bond motifs is 1. The molecule has 0 aromatic heterocycles. The van der Waals surface area contributed by atoms with E-state index in [0.717, 1.165) is 6.54 Å². The minimum Gasteiger partial charge on any atom is -0.336 e. The Kier molecular flexibility index (Phi) is 5.49. The third-order valence-electron chi connectivity index (χ3n) is 5.81. The highest BCUT2D eigenvalue weighted by molar-refractivity contribution is 5.98. The molecule has 30 heavy (non-hydrogen) atoms. The summed E-state index contributed by atoms with van der Waals surface area (Å²) in [5.74, 6) is 0. The smallest absolute Gasteiger partial charge is 0.103 e. The van der Waals surface area contributed by atoms with Crippen LogP contribution < -0.4 is 4.90 Å². The molecule has 0 heterocycles. The van der Waals surface area contributed by atoms with E-state index in [0.29, 0.717) is 0 Å². The van der Waals surface area contributed by atoms with Gasteiger partial charge < -0.3 is 4.90 Å². The molecule has 0 unspecified atom stereocenters. The quantitative estimate of drug-likeness (QED) is 0.425. The van der Waals surface area contributed by atoms with Crippen LogP contribution in [0.3, 0.4) is 0 Å². The van der Waals surface area contributed by atoms with Gasteiger partial charge in [0.1, 0.15) is 6.54 Å². The van der Waals surface area contributed by atoms with Crippen molar-refractivity contribution in [3.63, 3.8) is 0 Å². The van der Waals surface area contributed by atoms with Gasteiger partial charge in [0.15, 0.2) is 0 Å². The van der Waals surface area contributed by atoms with Crippen LogP contribution in [0.25, 0.3) is 33.0 Å². The molecule has 0 saturated carbocycles. The van der Waals surface area contributed by atoms with Crippen LogP contribution >= 0.6 is 0 Å². The molecule has 4 aromatic carbocycles. The van der Waals surface area contributed by atoms with Gasteiger partial charge in [-0.1, -0.05) is 99.6 Å². The molecule has 4 rings (SSSR count). The Bertz CT molecular complexity index is 1160. The summed E-state index contributed by atoms with van der Waals surface area (Å²) in [5, 5.41) is 2.59. The molecule has 0 radical (unpaired) electrons. The van der Waals surface area contributed by atoms with Gasteiger partial charge in [0.2, 0.25) is 0 Å². The second-order valence-electron chi connectivity index (χ2n) is 9.61. The summed E-state index contributed by atoms with van der Waals surface area (Å²) < 4.78 is 0. The first kappa shape index (κ1) is 20.4. The lowest BCUT2D eigenvalue weighted by atomic mass is 9.86. The van der Waals surface area contributed by atoms with Crippen LogP contribution in [0.2, 0.25) is 0 Å². The molecule has 152 valence electrons. The molecule has 0 spiro atoms. The number of quaternary nitrogens is 1. The van der Waals surface area contributed by atoms with Crippen molar-refractivity contribution in [2.24, 2.45) is 0 Å². The SMILES string of the molecule is C[NH+](C)Cc1ccccc1-c1ccc2c(-c3ccc(C(C)(C)C)cc3)cccc2c1. The third-order valence-corrected chi connectivity index (χ3v) is 5.81. The number of rotatable bonds is 4. The highest BCUT2D eigenvalue weighted by atomic mass is 15.0. The Labute approximate surface area is 181 Å². The van der Waals surface area contributed by atoms with E-state index >= 15 is 0 Å². The Morgan fingerprint density at radius 2 is 1.33 bits per heavy atom. The van der Waals surface area contributed by atoms with E-state index in [2.05, 4.69) is 120 Å². The van der Waals surface area contributed by atoms with Crippen molar-refractivity contribution >= 4 is 10.8 Å². The van der Waals surface area contributed by atoms with Gasteiger partial charge in [0.25, 0.3) is 0 Å². The Morgan fingerprint density at radius 3 is 2.03 bits per heavy atom. The molecule has 0 atom stereocenters. The standard InChI is InChI=1S/C29H31N/c1-29(2,3)25-16-13-21(14-17-25)27-12-8-10-22-19-23(15-18-28(22)27)26-11-7-6-9-24(26)20-30(4)5/h6-19H,20H2,1-5H3/p+1. The van der Waals surface area contributed by atoms with E-state index in [-0.39, 0.29) is 5.41 Å². The van der Waals surface area contributed by atoms with E-state index in [1.54, 1.807) is 0 Å². The lowest BCUT2D eigenvalue weighted by molar-refractivity contribution is -0.872.